The van der Waals surface area contributed by atoms with E-state index in [9.17, 15) is 4.79 Å². The lowest BCUT2D eigenvalue weighted by molar-refractivity contribution is 0.0911. The average Bonchev–Trinajstić information content (AvgIpc) is 3.01. The molecule has 0 aliphatic heterocycles. The van der Waals surface area contributed by atoms with Crippen LogP contribution in [-0.4, -0.2) is 16.8 Å². The Hall–Kier alpha value is -2.07. The Bertz CT molecular complexity index is 701. The van der Waals surface area contributed by atoms with Gasteiger partial charge in [0.25, 0.3) is 5.89 Å². The molecule has 5 heteroatoms. The largest absolute Gasteiger partial charge is 0.434 e. The van der Waals surface area contributed by atoms with Crippen molar-refractivity contribution in [3.63, 3.8) is 0 Å². The third kappa shape index (κ3) is 3.82. The van der Waals surface area contributed by atoms with Gasteiger partial charge in [-0.05, 0) is 31.4 Å². The maximum atomic E-state index is 12.5. The number of carbonyl (C=O) groups is 1. The van der Waals surface area contributed by atoms with E-state index in [1.54, 1.807) is 12.3 Å². The number of carbonyl (C=O) groups excluding carboxylic acids is 1. The van der Waals surface area contributed by atoms with Gasteiger partial charge in [0.2, 0.25) is 5.78 Å². The summed E-state index contributed by atoms with van der Waals surface area (Å²) in [5.41, 5.74) is 2.55. The normalized spacial score (nSPS) is 12.0. The number of hydrogen-bond acceptors (Lipinski definition) is 4. The van der Waals surface area contributed by atoms with Crippen molar-refractivity contribution in [3.05, 3.63) is 53.1 Å². The zero-order valence-electron chi connectivity index (χ0n) is 13.6. The molecular weight excluding hydrogens is 312 g/mol. The quantitative estimate of drug-likeness (QED) is 0.741. The Labute approximate surface area is 141 Å². The van der Waals surface area contributed by atoms with Gasteiger partial charge in [-0.25, -0.2) is 4.98 Å². The first kappa shape index (κ1) is 17.3. The van der Waals surface area contributed by atoms with Crippen molar-refractivity contribution in [2.45, 2.75) is 39.7 Å². The Kier molecular flexibility index (Phi) is 5.61. The minimum Gasteiger partial charge on any atom is -0.434 e. The van der Waals surface area contributed by atoms with Crippen molar-refractivity contribution in [3.8, 4) is 11.3 Å². The van der Waals surface area contributed by atoms with Gasteiger partial charge in [0, 0.05) is 11.3 Å². The molecule has 4 nitrogen and oxygen atoms in total. The first-order valence-electron chi connectivity index (χ1n) is 7.67. The summed E-state index contributed by atoms with van der Waals surface area (Å²) in [5, 5.41) is 3.69. The third-order valence-corrected chi connectivity index (χ3v) is 4.03. The summed E-state index contributed by atoms with van der Waals surface area (Å²) in [6, 6.07) is 5.21. The van der Waals surface area contributed by atoms with Crippen LogP contribution < -0.4 is 5.32 Å². The lowest BCUT2D eigenvalue weighted by atomic mass is 10.1. The fraction of sp³-hybridized carbons (Fsp3) is 0.333. The second-order valence-corrected chi connectivity index (χ2v) is 5.80. The molecule has 1 N–H and O–H groups in total. The Balaban J connectivity index is 2.28. The van der Waals surface area contributed by atoms with E-state index in [0.717, 1.165) is 23.2 Å². The Morgan fingerprint density at radius 1 is 1.43 bits per heavy atom. The van der Waals surface area contributed by atoms with Crippen molar-refractivity contribution in [2.75, 3.05) is 0 Å². The molecular formula is C18H21ClN2O2. The van der Waals surface area contributed by atoms with E-state index in [1.807, 2.05) is 32.9 Å². The zero-order valence-corrected chi connectivity index (χ0v) is 14.4. The fourth-order valence-electron chi connectivity index (χ4n) is 2.30. The number of Topliss-reactive ketones (excluding diaryl/α,β-unsaturated/α-hetero) is 1. The minimum atomic E-state index is -0.388. The van der Waals surface area contributed by atoms with Crippen LogP contribution in [0.5, 0.6) is 0 Å². The van der Waals surface area contributed by atoms with Crippen LogP contribution in [0.25, 0.3) is 11.3 Å². The molecule has 2 rings (SSSR count). The predicted octanol–water partition coefficient (Wildman–Crippen LogP) is 4.78. The maximum Gasteiger partial charge on any atom is 0.265 e. The number of allylic oxidation sites excluding steroid dienone is 1. The van der Waals surface area contributed by atoms with Crippen LogP contribution in [0.3, 0.4) is 0 Å². The monoisotopic (exact) mass is 332 g/mol. The van der Waals surface area contributed by atoms with E-state index < -0.39 is 0 Å². The summed E-state index contributed by atoms with van der Waals surface area (Å²) >= 11 is 6.23. The van der Waals surface area contributed by atoms with Gasteiger partial charge in [0.15, 0.2) is 5.76 Å². The van der Waals surface area contributed by atoms with Crippen molar-refractivity contribution in [2.24, 2.45) is 0 Å². The predicted molar refractivity (Wildman–Crippen MR) is 92.7 cm³/mol. The molecule has 0 radical (unpaired) electrons. The zero-order chi connectivity index (χ0) is 17.0. The summed E-state index contributed by atoms with van der Waals surface area (Å²) in [5.74, 6) is 0.404. The highest BCUT2D eigenvalue weighted by Gasteiger charge is 2.24. The number of nitrogens with zero attached hydrogens (tertiary/aromatic N) is 1. The topological polar surface area (TPSA) is 55.1 Å². The number of aromatic nitrogens is 1. The molecule has 0 saturated carbocycles. The molecule has 1 heterocycles. The summed E-state index contributed by atoms with van der Waals surface area (Å²) < 4.78 is 5.68. The Morgan fingerprint density at radius 3 is 2.78 bits per heavy atom. The minimum absolute atomic E-state index is 0.0857. The van der Waals surface area contributed by atoms with Gasteiger partial charge in [0.1, 0.15) is 0 Å². The van der Waals surface area contributed by atoms with E-state index in [-0.39, 0.29) is 17.7 Å². The summed E-state index contributed by atoms with van der Waals surface area (Å²) in [6.45, 7) is 9.73. The van der Waals surface area contributed by atoms with Crippen LogP contribution in [0.1, 0.15) is 42.9 Å². The van der Waals surface area contributed by atoms with E-state index in [1.165, 1.54) is 0 Å². The van der Waals surface area contributed by atoms with Gasteiger partial charge in [-0.15, -0.1) is 0 Å². The van der Waals surface area contributed by atoms with Gasteiger partial charge in [-0.2, -0.15) is 0 Å². The number of rotatable bonds is 7. The maximum absolute atomic E-state index is 12.5. The molecule has 122 valence electrons. The van der Waals surface area contributed by atoms with Gasteiger partial charge in [-0.1, -0.05) is 44.2 Å². The summed E-state index contributed by atoms with van der Waals surface area (Å²) in [4.78, 5) is 16.7. The van der Waals surface area contributed by atoms with Crippen molar-refractivity contribution < 1.29 is 9.21 Å². The van der Waals surface area contributed by atoms with Crippen molar-refractivity contribution >= 4 is 17.4 Å². The van der Waals surface area contributed by atoms with Gasteiger partial charge < -0.3 is 9.73 Å². The second kappa shape index (κ2) is 7.47. The summed E-state index contributed by atoms with van der Waals surface area (Å²) in [6.07, 6.45) is 2.93. The molecule has 23 heavy (non-hydrogen) atoms. The van der Waals surface area contributed by atoms with Crippen LogP contribution in [0, 0.1) is 6.92 Å². The molecule has 1 aromatic carbocycles. The lowest BCUT2D eigenvalue weighted by Gasteiger charge is -2.16. The highest BCUT2D eigenvalue weighted by molar-refractivity contribution is 6.33. The van der Waals surface area contributed by atoms with Gasteiger partial charge in [-0.3, -0.25) is 4.79 Å². The van der Waals surface area contributed by atoms with E-state index in [4.69, 9.17) is 16.0 Å². The number of aryl methyl sites for hydroxylation is 1. The van der Waals surface area contributed by atoms with Crippen molar-refractivity contribution in [1.82, 2.24) is 10.3 Å². The molecule has 0 bridgehead atoms. The average molecular weight is 333 g/mol. The van der Waals surface area contributed by atoms with Crippen molar-refractivity contribution in [1.29, 1.82) is 0 Å². The smallest absolute Gasteiger partial charge is 0.265 e. The Morgan fingerprint density at radius 2 is 2.17 bits per heavy atom. The standard InChI is InChI=1S/C18H21ClN2O2/c1-5-12(4)21-14(6-2)17(22)18-20-10-15(23-18)16-11(3)8-7-9-13(16)19/h7-10,14,21H,4-6H2,1-3H3. The third-order valence-electron chi connectivity index (χ3n) is 3.71. The molecule has 2 aromatic rings. The number of halogens is 1. The number of benzene rings is 1. The molecule has 0 saturated heterocycles. The van der Waals surface area contributed by atoms with Crippen LogP contribution in [0.15, 0.2) is 41.1 Å². The lowest BCUT2D eigenvalue weighted by Crippen LogP contribution is -2.35. The number of hydrogen-bond donors (Lipinski definition) is 1. The van der Waals surface area contributed by atoms with Gasteiger partial charge >= 0.3 is 0 Å². The first-order valence-corrected chi connectivity index (χ1v) is 8.05. The molecule has 0 amide bonds. The van der Waals surface area contributed by atoms with E-state index in [0.29, 0.717) is 17.2 Å². The number of oxazole rings is 1. The molecule has 0 aliphatic rings. The van der Waals surface area contributed by atoms with E-state index in [2.05, 4.69) is 16.9 Å². The number of nitrogens with one attached hydrogen (secondary N) is 1. The second-order valence-electron chi connectivity index (χ2n) is 5.39. The first-order chi connectivity index (χ1) is 11.0. The molecule has 0 spiro atoms. The van der Waals surface area contributed by atoms with Crippen LogP contribution >= 0.6 is 11.6 Å². The molecule has 1 aromatic heterocycles. The van der Waals surface area contributed by atoms with Crippen LogP contribution in [-0.2, 0) is 0 Å². The van der Waals surface area contributed by atoms with Crippen LogP contribution in [0.4, 0.5) is 0 Å². The summed E-state index contributed by atoms with van der Waals surface area (Å²) in [7, 11) is 0. The van der Waals surface area contributed by atoms with Gasteiger partial charge in [0.05, 0.1) is 17.3 Å². The van der Waals surface area contributed by atoms with Crippen LogP contribution in [0.2, 0.25) is 5.02 Å². The molecule has 0 aliphatic carbocycles. The number of ketones is 1. The molecule has 0 fully saturated rings. The highest BCUT2D eigenvalue weighted by Crippen LogP contribution is 2.31. The fourth-order valence-corrected chi connectivity index (χ4v) is 2.61. The molecule has 1 unspecified atom stereocenters. The SMILES string of the molecule is C=C(CC)NC(CC)C(=O)c1ncc(-c2c(C)cccc2Cl)o1. The van der Waals surface area contributed by atoms with E-state index >= 15 is 0 Å². The highest BCUT2D eigenvalue weighted by atomic mass is 35.5. The molecule has 1 atom stereocenters.